The first-order valence-corrected chi connectivity index (χ1v) is 4.78. The van der Waals surface area contributed by atoms with Gasteiger partial charge in [0.05, 0.1) is 6.08 Å². The van der Waals surface area contributed by atoms with Crippen molar-refractivity contribution < 1.29 is 4.79 Å². The van der Waals surface area contributed by atoms with Crippen LogP contribution in [0.5, 0.6) is 0 Å². The van der Waals surface area contributed by atoms with E-state index in [9.17, 15) is 4.79 Å². The maximum Gasteiger partial charge on any atom is 0.255 e. The van der Waals surface area contributed by atoms with E-state index in [1.54, 1.807) is 4.90 Å². The standard InChI is InChI=1S/C13H11NO/c1-2-3-8-13(15)14-9-11-6-4-5-7-12(11)10-14/h4-8H,1,9-10H2. The van der Waals surface area contributed by atoms with Crippen molar-refractivity contribution in [3.8, 4) is 0 Å². The molecule has 0 fully saturated rings. The third-order valence-electron chi connectivity index (χ3n) is 2.45. The quantitative estimate of drug-likeness (QED) is 0.498. The van der Waals surface area contributed by atoms with Crippen LogP contribution in [0.3, 0.4) is 0 Å². The molecule has 74 valence electrons. The summed E-state index contributed by atoms with van der Waals surface area (Å²) >= 11 is 0. The van der Waals surface area contributed by atoms with E-state index in [0.717, 1.165) is 0 Å². The highest BCUT2D eigenvalue weighted by Crippen LogP contribution is 2.21. The molecule has 1 aliphatic heterocycles. The molecule has 0 bridgehead atoms. The molecular weight excluding hydrogens is 186 g/mol. The summed E-state index contributed by atoms with van der Waals surface area (Å²) < 4.78 is 0. The predicted octanol–water partition coefficient (Wildman–Crippen LogP) is 2.02. The van der Waals surface area contributed by atoms with E-state index in [1.807, 2.05) is 12.1 Å². The van der Waals surface area contributed by atoms with Gasteiger partial charge < -0.3 is 4.90 Å². The molecular formula is C13H11NO. The van der Waals surface area contributed by atoms with Crippen molar-refractivity contribution in [3.63, 3.8) is 0 Å². The maximum atomic E-state index is 11.6. The Morgan fingerprint density at radius 3 is 2.47 bits per heavy atom. The van der Waals surface area contributed by atoms with Crippen LogP contribution in [0.4, 0.5) is 0 Å². The summed E-state index contributed by atoms with van der Waals surface area (Å²) in [4.78, 5) is 13.4. The molecule has 1 aromatic rings. The molecule has 0 atom stereocenters. The van der Waals surface area contributed by atoms with Crippen molar-refractivity contribution in [2.24, 2.45) is 0 Å². The van der Waals surface area contributed by atoms with Gasteiger partial charge in [-0.25, -0.2) is 0 Å². The fourth-order valence-corrected chi connectivity index (χ4v) is 1.69. The molecule has 0 saturated carbocycles. The third kappa shape index (κ3) is 1.92. The van der Waals surface area contributed by atoms with Gasteiger partial charge in [0.1, 0.15) is 0 Å². The number of fused-ring (bicyclic) bond motifs is 1. The molecule has 1 aliphatic rings. The lowest BCUT2D eigenvalue weighted by Crippen LogP contribution is -2.22. The zero-order chi connectivity index (χ0) is 10.7. The molecule has 1 amide bonds. The average molecular weight is 197 g/mol. The van der Waals surface area contributed by atoms with Gasteiger partial charge in [0, 0.05) is 13.1 Å². The van der Waals surface area contributed by atoms with Crippen molar-refractivity contribution >= 4 is 5.91 Å². The highest BCUT2D eigenvalue weighted by Gasteiger charge is 2.20. The third-order valence-corrected chi connectivity index (χ3v) is 2.45. The first kappa shape index (κ1) is 9.54. The van der Waals surface area contributed by atoms with Crippen LogP contribution >= 0.6 is 0 Å². The summed E-state index contributed by atoms with van der Waals surface area (Å²) in [6, 6.07) is 8.09. The summed E-state index contributed by atoms with van der Waals surface area (Å²) in [5, 5.41) is 0. The lowest BCUT2D eigenvalue weighted by molar-refractivity contribution is -0.126. The molecule has 2 heteroatoms. The minimum absolute atomic E-state index is 0.0395. The number of benzene rings is 1. The van der Waals surface area contributed by atoms with Crippen LogP contribution in [-0.2, 0) is 17.9 Å². The number of carbonyl (C=O) groups is 1. The number of nitrogens with zero attached hydrogens (tertiary/aromatic N) is 1. The van der Waals surface area contributed by atoms with Crippen molar-refractivity contribution in [3.05, 3.63) is 59.5 Å². The second-order valence-corrected chi connectivity index (χ2v) is 3.43. The topological polar surface area (TPSA) is 20.3 Å². The lowest BCUT2D eigenvalue weighted by Gasteiger charge is -2.11. The second kappa shape index (κ2) is 4.02. The Morgan fingerprint density at radius 1 is 1.33 bits per heavy atom. The first-order valence-electron chi connectivity index (χ1n) is 4.78. The number of amides is 1. The summed E-state index contributed by atoms with van der Waals surface area (Å²) in [5.41, 5.74) is 7.46. The highest BCUT2D eigenvalue weighted by molar-refractivity contribution is 5.87. The van der Waals surface area contributed by atoms with Gasteiger partial charge in [-0.05, 0) is 17.7 Å². The Morgan fingerprint density at radius 2 is 1.93 bits per heavy atom. The number of rotatable bonds is 1. The first-order chi connectivity index (χ1) is 7.31. The molecule has 0 saturated heterocycles. The van der Waals surface area contributed by atoms with E-state index < -0.39 is 0 Å². The van der Waals surface area contributed by atoms with Gasteiger partial charge in [-0.2, -0.15) is 0 Å². The molecule has 0 aromatic heterocycles. The molecule has 1 heterocycles. The van der Waals surface area contributed by atoms with E-state index in [2.05, 4.69) is 30.2 Å². The SMILES string of the molecule is C=C=C=CC(=O)N1Cc2ccccc2C1. The molecule has 0 spiro atoms. The lowest BCUT2D eigenvalue weighted by atomic mass is 10.1. The van der Waals surface area contributed by atoms with Crippen LogP contribution in [0.25, 0.3) is 0 Å². The fourth-order valence-electron chi connectivity index (χ4n) is 1.69. The Kier molecular flexibility index (Phi) is 2.55. The van der Waals surface area contributed by atoms with Gasteiger partial charge in [-0.15, -0.1) is 0 Å². The molecule has 0 unspecified atom stereocenters. The molecule has 0 N–H and O–H groups in total. The monoisotopic (exact) mass is 197 g/mol. The van der Waals surface area contributed by atoms with E-state index in [0.29, 0.717) is 13.1 Å². The average Bonchev–Trinajstić information content (AvgIpc) is 2.69. The van der Waals surface area contributed by atoms with Crippen LogP contribution in [-0.4, -0.2) is 10.8 Å². The minimum atomic E-state index is -0.0395. The minimum Gasteiger partial charge on any atom is -0.330 e. The summed E-state index contributed by atoms with van der Waals surface area (Å²) in [6.45, 7) is 4.73. The molecule has 1 aromatic carbocycles. The van der Waals surface area contributed by atoms with Crippen LogP contribution in [0.1, 0.15) is 11.1 Å². The van der Waals surface area contributed by atoms with E-state index in [1.165, 1.54) is 17.2 Å². The van der Waals surface area contributed by atoms with Gasteiger partial charge in [-0.3, -0.25) is 4.79 Å². The van der Waals surface area contributed by atoms with Gasteiger partial charge in [0.25, 0.3) is 5.91 Å². The smallest absolute Gasteiger partial charge is 0.255 e. The van der Waals surface area contributed by atoms with Gasteiger partial charge in [-0.1, -0.05) is 35.7 Å². The highest BCUT2D eigenvalue weighted by atomic mass is 16.2. The zero-order valence-electron chi connectivity index (χ0n) is 8.36. The summed E-state index contributed by atoms with van der Waals surface area (Å²) in [7, 11) is 0. The zero-order valence-corrected chi connectivity index (χ0v) is 8.36. The Bertz CT molecular complexity index is 452. The van der Waals surface area contributed by atoms with Gasteiger partial charge in [0.2, 0.25) is 0 Å². The van der Waals surface area contributed by atoms with Gasteiger partial charge in [0.15, 0.2) is 0 Å². The van der Waals surface area contributed by atoms with Crippen molar-refractivity contribution in [2.45, 2.75) is 13.1 Å². The molecule has 0 aliphatic carbocycles. The van der Waals surface area contributed by atoms with Crippen molar-refractivity contribution in [1.29, 1.82) is 0 Å². The van der Waals surface area contributed by atoms with Crippen molar-refractivity contribution in [2.75, 3.05) is 0 Å². The van der Waals surface area contributed by atoms with E-state index in [4.69, 9.17) is 0 Å². The number of carbonyl (C=O) groups excluding carboxylic acids is 1. The molecule has 0 radical (unpaired) electrons. The molecule has 2 nitrogen and oxygen atoms in total. The largest absolute Gasteiger partial charge is 0.330 e. The van der Waals surface area contributed by atoms with Crippen LogP contribution < -0.4 is 0 Å². The Hall–Kier alpha value is -2.01. The van der Waals surface area contributed by atoms with Crippen molar-refractivity contribution in [1.82, 2.24) is 4.90 Å². The normalized spacial score (nSPS) is 12.7. The summed E-state index contributed by atoms with van der Waals surface area (Å²) in [5.74, 6) is -0.0395. The second-order valence-electron chi connectivity index (χ2n) is 3.43. The Labute approximate surface area is 88.8 Å². The van der Waals surface area contributed by atoms with Crippen LogP contribution in [0.2, 0.25) is 0 Å². The molecule has 2 rings (SSSR count). The Balaban J connectivity index is 2.17. The number of hydrogen-bond donors (Lipinski definition) is 0. The predicted molar refractivity (Wildman–Crippen MR) is 57.9 cm³/mol. The molecule has 15 heavy (non-hydrogen) atoms. The van der Waals surface area contributed by atoms with Crippen LogP contribution in [0, 0.1) is 0 Å². The van der Waals surface area contributed by atoms with Crippen LogP contribution in [0.15, 0.2) is 48.4 Å². The maximum absolute atomic E-state index is 11.6. The van der Waals surface area contributed by atoms with Gasteiger partial charge >= 0.3 is 0 Å². The summed E-state index contributed by atoms with van der Waals surface area (Å²) in [6.07, 6.45) is 1.37. The fraction of sp³-hybridized carbons (Fsp3) is 0.154. The van der Waals surface area contributed by atoms with E-state index >= 15 is 0 Å². The van der Waals surface area contributed by atoms with E-state index in [-0.39, 0.29) is 5.91 Å². The number of hydrogen-bond acceptors (Lipinski definition) is 1.